The second-order valence-electron chi connectivity index (χ2n) is 4.35. The van der Waals surface area contributed by atoms with Crippen molar-refractivity contribution in [2.24, 2.45) is 0 Å². The number of halogens is 1. The summed E-state index contributed by atoms with van der Waals surface area (Å²) in [5.41, 5.74) is 2.76. The van der Waals surface area contributed by atoms with E-state index in [9.17, 15) is 0 Å². The van der Waals surface area contributed by atoms with E-state index in [1.54, 1.807) is 11.3 Å². The van der Waals surface area contributed by atoms with Crippen LogP contribution in [0, 0.1) is 0 Å². The van der Waals surface area contributed by atoms with E-state index >= 15 is 0 Å². The minimum atomic E-state index is 0.274. The van der Waals surface area contributed by atoms with E-state index in [0.717, 1.165) is 6.42 Å². The van der Waals surface area contributed by atoms with Gasteiger partial charge in [-0.1, -0.05) is 37.6 Å². The highest BCUT2D eigenvalue weighted by Crippen LogP contribution is 2.33. The molecule has 18 heavy (non-hydrogen) atoms. The van der Waals surface area contributed by atoms with Crippen LogP contribution < -0.4 is 5.32 Å². The van der Waals surface area contributed by atoms with Gasteiger partial charge < -0.3 is 5.32 Å². The average molecular weight is 324 g/mol. The zero-order chi connectivity index (χ0) is 13.0. The zero-order valence-corrected chi connectivity index (χ0v) is 13.1. The van der Waals surface area contributed by atoms with Gasteiger partial charge >= 0.3 is 0 Å². The Labute approximate surface area is 121 Å². The summed E-state index contributed by atoms with van der Waals surface area (Å²) < 4.78 is 1.19. The van der Waals surface area contributed by atoms with Gasteiger partial charge in [0, 0.05) is 9.35 Å². The number of benzene rings is 1. The quantitative estimate of drug-likeness (QED) is 0.835. The molecule has 3 heteroatoms. The second kappa shape index (κ2) is 6.50. The minimum Gasteiger partial charge on any atom is -0.309 e. The Morgan fingerprint density at radius 1 is 1.33 bits per heavy atom. The van der Waals surface area contributed by atoms with Crippen molar-refractivity contribution < 1.29 is 0 Å². The van der Waals surface area contributed by atoms with Gasteiger partial charge in [0.2, 0.25) is 0 Å². The third-order valence-corrected chi connectivity index (χ3v) is 4.95. The predicted octanol–water partition coefficient (Wildman–Crippen LogP) is 4.77. The highest BCUT2D eigenvalue weighted by atomic mass is 79.9. The molecule has 1 atom stereocenters. The second-order valence-corrected chi connectivity index (χ2v) is 6.15. The van der Waals surface area contributed by atoms with Crippen LogP contribution in [-0.4, -0.2) is 7.05 Å². The summed E-state index contributed by atoms with van der Waals surface area (Å²) >= 11 is 5.41. The Kier molecular flexibility index (Phi) is 4.98. The summed E-state index contributed by atoms with van der Waals surface area (Å²) in [5, 5.41) is 5.54. The monoisotopic (exact) mass is 323 g/mol. The Morgan fingerprint density at radius 2 is 2.17 bits per heavy atom. The smallest absolute Gasteiger partial charge is 0.0680 e. The van der Waals surface area contributed by atoms with E-state index in [0.29, 0.717) is 0 Å². The van der Waals surface area contributed by atoms with Crippen LogP contribution in [0.15, 0.2) is 40.2 Å². The van der Waals surface area contributed by atoms with Crippen LogP contribution in [0.5, 0.6) is 0 Å². The van der Waals surface area contributed by atoms with Gasteiger partial charge in [-0.3, -0.25) is 0 Å². The molecule has 0 radical (unpaired) electrons. The van der Waals surface area contributed by atoms with E-state index in [2.05, 4.69) is 63.9 Å². The third-order valence-electron chi connectivity index (χ3n) is 3.02. The normalized spacial score (nSPS) is 12.6. The predicted molar refractivity (Wildman–Crippen MR) is 83.4 cm³/mol. The van der Waals surface area contributed by atoms with Crippen LogP contribution >= 0.6 is 27.3 Å². The summed E-state index contributed by atoms with van der Waals surface area (Å²) in [6.07, 6.45) is 2.34. The van der Waals surface area contributed by atoms with E-state index < -0.39 is 0 Å². The van der Waals surface area contributed by atoms with Crippen molar-refractivity contribution in [3.8, 4) is 0 Å². The Bertz CT molecular complexity index is 507. The first-order valence-corrected chi connectivity index (χ1v) is 7.92. The van der Waals surface area contributed by atoms with Gasteiger partial charge in [0.15, 0.2) is 0 Å². The first kappa shape index (κ1) is 13.8. The van der Waals surface area contributed by atoms with Gasteiger partial charge in [-0.15, -0.1) is 11.3 Å². The molecule has 0 fully saturated rings. The maximum atomic E-state index is 3.62. The topological polar surface area (TPSA) is 12.0 Å². The highest BCUT2D eigenvalue weighted by molar-refractivity contribution is 9.10. The van der Waals surface area contributed by atoms with Gasteiger partial charge in [-0.2, -0.15) is 0 Å². The molecule has 1 unspecified atom stereocenters. The molecule has 0 saturated carbocycles. The molecule has 0 aliphatic heterocycles. The third kappa shape index (κ3) is 3.02. The molecule has 0 aliphatic rings. The summed E-state index contributed by atoms with van der Waals surface area (Å²) in [4.78, 5) is 1.34. The first-order chi connectivity index (χ1) is 8.76. The zero-order valence-electron chi connectivity index (χ0n) is 10.7. The van der Waals surface area contributed by atoms with Crippen LogP contribution in [0.2, 0.25) is 0 Å². The molecule has 1 aromatic heterocycles. The number of rotatable bonds is 5. The molecule has 1 N–H and O–H groups in total. The fraction of sp³-hybridized carbons (Fsp3) is 0.333. The van der Waals surface area contributed by atoms with Crippen molar-refractivity contribution in [1.29, 1.82) is 0 Å². The fourth-order valence-electron chi connectivity index (χ4n) is 2.18. The maximum Gasteiger partial charge on any atom is 0.0680 e. The van der Waals surface area contributed by atoms with Crippen LogP contribution in [0.4, 0.5) is 0 Å². The molecular weight excluding hydrogens is 306 g/mol. The molecule has 0 amide bonds. The van der Waals surface area contributed by atoms with Crippen LogP contribution in [0.3, 0.4) is 0 Å². The van der Waals surface area contributed by atoms with Crippen LogP contribution in [0.1, 0.15) is 35.4 Å². The Hall–Kier alpha value is -0.640. The highest BCUT2D eigenvalue weighted by Gasteiger charge is 2.16. The van der Waals surface area contributed by atoms with Crippen molar-refractivity contribution in [2.45, 2.75) is 25.8 Å². The lowest BCUT2D eigenvalue weighted by Crippen LogP contribution is -2.17. The van der Waals surface area contributed by atoms with Gasteiger partial charge in [0.1, 0.15) is 0 Å². The summed E-state index contributed by atoms with van der Waals surface area (Å²) in [5.74, 6) is 0. The first-order valence-electron chi connectivity index (χ1n) is 6.25. The number of nitrogens with one attached hydrogen (secondary N) is 1. The average Bonchev–Trinajstić information content (AvgIpc) is 2.78. The maximum absolute atomic E-state index is 3.62. The number of hydrogen-bond donors (Lipinski definition) is 1. The van der Waals surface area contributed by atoms with E-state index in [4.69, 9.17) is 0 Å². The lowest BCUT2D eigenvalue weighted by Gasteiger charge is -2.17. The Morgan fingerprint density at radius 3 is 2.78 bits per heavy atom. The Balaban J connectivity index is 2.33. The molecule has 0 aliphatic carbocycles. The van der Waals surface area contributed by atoms with Gasteiger partial charge in [0.05, 0.1) is 6.04 Å². The number of hydrogen-bond acceptors (Lipinski definition) is 2. The number of aryl methyl sites for hydroxylation is 1. The van der Waals surface area contributed by atoms with Crippen molar-refractivity contribution in [3.63, 3.8) is 0 Å². The van der Waals surface area contributed by atoms with Crippen molar-refractivity contribution in [3.05, 3.63) is 56.2 Å². The number of thiophene rings is 1. The molecule has 1 aromatic carbocycles. The largest absolute Gasteiger partial charge is 0.309 e. The lowest BCUT2D eigenvalue weighted by molar-refractivity contribution is 0.700. The van der Waals surface area contributed by atoms with Gasteiger partial charge in [0.25, 0.3) is 0 Å². The molecule has 2 rings (SSSR count). The molecule has 0 saturated heterocycles. The van der Waals surface area contributed by atoms with Gasteiger partial charge in [-0.05, 0) is 52.0 Å². The summed E-state index contributed by atoms with van der Waals surface area (Å²) in [6.45, 7) is 2.22. The van der Waals surface area contributed by atoms with Crippen LogP contribution in [0.25, 0.3) is 0 Å². The minimum absolute atomic E-state index is 0.274. The van der Waals surface area contributed by atoms with E-state index in [-0.39, 0.29) is 6.04 Å². The SMILES string of the molecule is CCCc1cccc(C(NC)c2sccc2Br)c1. The van der Waals surface area contributed by atoms with E-state index in [1.807, 2.05) is 7.05 Å². The van der Waals surface area contributed by atoms with Crippen molar-refractivity contribution >= 4 is 27.3 Å². The fourth-order valence-corrected chi connectivity index (χ4v) is 3.92. The molecule has 1 nitrogen and oxygen atoms in total. The standard InChI is InChI=1S/C15H18BrNS/c1-3-5-11-6-4-7-12(10-11)14(17-2)15-13(16)8-9-18-15/h4,6-10,14,17H,3,5H2,1-2H3. The lowest BCUT2D eigenvalue weighted by atomic mass is 10.0. The van der Waals surface area contributed by atoms with Crippen molar-refractivity contribution in [1.82, 2.24) is 5.32 Å². The van der Waals surface area contributed by atoms with Gasteiger partial charge in [-0.25, -0.2) is 0 Å². The summed E-state index contributed by atoms with van der Waals surface area (Å²) in [6, 6.07) is 11.3. The molecule has 0 bridgehead atoms. The van der Waals surface area contributed by atoms with E-state index in [1.165, 1.54) is 26.9 Å². The van der Waals surface area contributed by atoms with Crippen molar-refractivity contribution in [2.75, 3.05) is 7.05 Å². The molecule has 0 spiro atoms. The molecule has 1 heterocycles. The molecule has 96 valence electrons. The molecular formula is C15H18BrNS. The van der Waals surface area contributed by atoms with Crippen LogP contribution in [-0.2, 0) is 6.42 Å². The molecule has 2 aromatic rings. The summed E-state index contributed by atoms with van der Waals surface area (Å²) in [7, 11) is 2.02.